The number of nitrogens with one attached hydrogen (secondary N) is 1. The Kier molecular flexibility index (Phi) is 6.52. The molecule has 1 amide bonds. The molecule has 3 aromatic carbocycles. The molecule has 4 aromatic rings. The fraction of sp³-hybridized carbons (Fsp3) is 0.115. The second-order valence-corrected chi connectivity index (χ2v) is 8.65. The van der Waals surface area contributed by atoms with Crippen molar-refractivity contribution in [3.05, 3.63) is 118 Å². The van der Waals surface area contributed by atoms with E-state index in [0.29, 0.717) is 22.8 Å². The van der Waals surface area contributed by atoms with E-state index in [1.54, 1.807) is 30.3 Å². The second-order valence-electron chi connectivity index (χ2n) is 7.56. The lowest BCUT2D eigenvalue weighted by molar-refractivity contribution is 0.0951. The first-order valence-electron chi connectivity index (χ1n) is 10.3. The minimum atomic E-state index is -0.227. The van der Waals surface area contributed by atoms with Gasteiger partial charge in [0.2, 0.25) is 0 Å². The lowest BCUT2D eigenvalue weighted by Gasteiger charge is -2.09. The predicted molar refractivity (Wildman–Crippen MR) is 127 cm³/mol. The summed E-state index contributed by atoms with van der Waals surface area (Å²) in [5.41, 5.74) is 4.30. The van der Waals surface area contributed by atoms with Gasteiger partial charge in [-0.1, -0.05) is 59.3 Å². The molecule has 4 rings (SSSR count). The van der Waals surface area contributed by atoms with Crippen LogP contribution in [0.25, 0.3) is 5.69 Å². The van der Waals surface area contributed by atoms with E-state index in [4.69, 9.17) is 0 Å². The van der Waals surface area contributed by atoms with Crippen molar-refractivity contribution >= 4 is 17.7 Å². The second kappa shape index (κ2) is 9.66. The van der Waals surface area contributed by atoms with E-state index < -0.39 is 0 Å². The zero-order valence-electron chi connectivity index (χ0n) is 17.9. The molecular formula is C26H23N3O2S. The lowest BCUT2D eigenvalue weighted by atomic mass is 10.1. The van der Waals surface area contributed by atoms with Crippen molar-refractivity contribution < 1.29 is 4.79 Å². The first-order valence-corrected chi connectivity index (χ1v) is 11.1. The molecule has 1 aromatic heterocycles. The molecule has 32 heavy (non-hydrogen) atoms. The SMILES string of the molecule is Cc1ccc(Sc2ccc(=O)n(-c3ccc(C(=O)NCc4cccc(C)c4)cc3)n2)cc1. The average Bonchev–Trinajstić information content (AvgIpc) is 2.80. The van der Waals surface area contributed by atoms with Crippen molar-refractivity contribution in [3.63, 3.8) is 0 Å². The van der Waals surface area contributed by atoms with Gasteiger partial charge >= 0.3 is 0 Å². The Labute approximate surface area is 191 Å². The lowest BCUT2D eigenvalue weighted by Crippen LogP contribution is -2.23. The molecule has 0 spiro atoms. The topological polar surface area (TPSA) is 64.0 Å². The number of aromatic nitrogens is 2. The van der Waals surface area contributed by atoms with E-state index in [0.717, 1.165) is 16.0 Å². The molecule has 1 heterocycles. The number of benzene rings is 3. The molecular weight excluding hydrogens is 418 g/mol. The van der Waals surface area contributed by atoms with Gasteiger partial charge in [-0.15, -0.1) is 0 Å². The van der Waals surface area contributed by atoms with Gasteiger partial charge in [0.25, 0.3) is 11.5 Å². The van der Waals surface area contributed by atoms with Crippen LogP contribution >= 0.6 is 11.8 Å². The number of carbonyl (C=O) groups excluding carboxylic acids is 1. The smallest absolute Gasteiger partial charge is 0.271 e. The molecule has 1 N–H and O–H groups in total. The Morgan fingerprint density at radius 1 is 0.906 bits per heavy atom. The molecule has 0 aliphatic carbocycles. The molecule has 0 saturated heterocycles. The fourth-order valence-corrected chi connectivity index (χ4v) is 3.99. The van der Waals surface area contributed by atoms with E-state index in [2.05, 4.69) is 10.4 Å². The van der Waals surface area contributed by atoms with E-state index in [1.807, 2.05) is 62.4 Å². The van der Waals surface area contributed by atoms with Crippen LogP contribution < -0.4 is 10.9 Å². The van der Waals surface area contributed by atoms with Gasteiger partial charge in [-0.05, 0) is 61.9 Å². The molecule has 160 valence electrons. The maximum Gasteiger partial charge on any atom is 0.271 e. The van der Waals surface area contributed by atoms with Crippen LogP contribution in [0.4, 0.5) is 0 Å². The Bertz CT molecular complexity index is 1300. The Hall–Kier alpha value is -3.64. The summed E-state index contributed by atoms with van der Waals surface area (Å²) in [4.78, 5) is 25.9. The zero-order chi connectivity index (χ0) is 22.5. The predicted octanol–water partition coefficient (Wildman–Crippen LogP) is 4.93. The van der Waals surface area contributed by atoms with E-state index in [9.17, 15) is 9.59 Å². The normalized spacial score (nSPS) is 10.7. The number of amides is 1. The van der Waals surface area contributed by atoms with Gasteiger partial charge in [0, 0.05) is 23.1 Å². The number of hydrogen-bond acceptors (Lipinski definition) is 4. The summed E-state index contributed by atoms with van der Waals surface area (Å²) >= 11 is 1.49. The highest BCUT2D eigenvalue weighted by atomic mass is 32.2. The molecule has 0 saturated carbocycles. The molecule has 0 bridgehead atoms. The molecule has 0 aliphatic rings. The van der Waals surface area contributed by atoms with Gasteiger partial charge in [-0.2, -0.15) is 9.78 Å². The Morgan fingerprint density at radius 3 is 2.38 bits per heavy atom. The first-order chi connectivity index (χ1) is 15.5. The highest BCUT2D eigenvalue weighted by Crippen LogP contribution is 2.25. The maximum absolute atomic E-state index is 12.5. The van der Waals surface area contributed by atoms with Crippen molar-refractivity contribution in [2.24, 2.45) is 0 Å². The monoisotopic (exact) mass is 441 g/mol. The molecule has 0 unspecified atom stereocenters. The molecule has 5 nitrogen and oxygen atoms in total. The van der Waals surface area contributed by atoms with Crippen LogP contribution in [-0.2, 0) is 6.54 Å². The van der Waals surface area contributed by atoms with Crippen molar-refractivity contribution in [1.82, 2.24) is 15.1 Å². The van der Waals surface area contributed by atoms with Crippen LogP contribution in [0.2, 0.25) is 0 Å². The number of carbonyl (C=O) groups is 1. The van der Waals surface area contributed by atoms with Crippen LogP contribution in [-0.4, -0.2) is 15.7 Å². The zero-order valence-corrected chi connectivity index (χ0v) is 18.7. The first kappa shape index (κ1) is 21.6. The van der Waals surface area contributed by atoms with Crippen molar-refractivity contribution in [3.8, 4) is 5.69 Å². The molecule has 0 aliphatic heterocycles. The van der Waals surface area contributed by atoms with Crippen LogP contribution in [0.5, 0.6) is 0 Å². The summed E-state index contributed by atoms with van der Waals surface area (Å²) in [5, 5.41) is 8.13. The number of hydrogen-bond donors (Lipinski definition) is 1. The third-order valence-corrected chi connectivity index (χ3v) is 5.86. The van der Waals surface area contributed by atoms with Crippen molar-refractivity contribution in [1.29, 1.82) is 0 Å². The summed E-state index contributed by atoms with van der Waals surface area (Å²) < 4.78 is 1.35. The molecule has 0 atom stereocenters. The van der Waals surface area contributed by atoms with E-state index in [1.165, 1.54) is 28.1 Å². The van der Waals surface area contributed by atoms with Gasteiger partial charge in [0.05, 0.1) is 5.69 Å². The summed E-state index contributed by atoms with van der Waals surface area (Å²) in [5.74, 6) is -0.165. The van der Waals surface area contributed by atoms with Gasteiger partial charge in [-0.3, -0.25) is 9.59 Å². The third-order valence-electron chi connectivity index (χ3n) is 4.93. The summed E-state index contributed by atoms with van der Waals surface area (Å²) in [6.45, 7) is 4.52. The number of rotatable bonds is 6. The highest BCUT2D eigenvalue weighted by molar-refractivity contribution is 7.99. The minimum Gasteiger partial charge on any atom is -0.348 e. The van der Waals surface area contributed by atoms with Gasteiger partial charge < -0.3 is 5.32 Å². The summed E-state index contributed by atoms with van der Waals surface area (Å²) in [7, 11) is 0. The van der Waals surface area contributed by atoms with Crippen molar-refractivity contribution in [2.45, 2.75) is 30.3 Å². The fourth-order valence-electron chi connectivity index (χ4n) is 3.22. The highest BCUT2D eigenvalue weighted by Gasteiger charge is 2.09. The molecule has 6 heteroatoms. The van der Waals surface area contributed by atoms with Gasteiger partial charge in [0.1, 0.15) is 5.03 Å². The summed E-state index contributed by atoms with van der Waals surface area (Å²) in [6, 6.07) is 26.3. The minimum absolute atomic E-state index is 0.165. The van der Waals surface area contributed by atoms with E-state index >= 15 is 0 Å². The van der Waals surface area contributed by atoms with Crippen LogP contribution in [0.15, 0.2) is 99.6 Å². The molecule has 0 fully saturated rings. The Balaban J connectivity index is 1.47. The third kappa shape index (κ3) is 5.34. The van der Waals surface area contributed by atoms with Crippen molar-refractivity contribution in [2.75, 3.05) is 0 Å². The van der Waals surface area contributed by atoms with E-state index in [-0.39, 0.29) is 11.5 Å². The number of aryl methyl sites for hydroxylation is 2. The Morgan fingerprint density at radius 2 is 1.66 bits per heavy atom. The number of nitrogens with zero attached hydrogens (tertiary/aromatic N) is 2. The van der Waals surface area contributed by atoms with Crippen LogP contribution in [0.1, 0.15) is 27.0 Å². The van der Waals surface area contributed by atoms with Crippen LogP contribution in [0.3, 0.4) is 0 Å². The van der Waals surface area contributed by atoms with Crippen LogP contribution in [0, 0.1) is 13.8 Å². The quantitative estimate of drug-likeness (QED) is 0.461. The largest absolute Gasteiger partial charge is 0.348 e. The average molecular weight is 442 g/mol. The summed E-state index contributed by atoms with van der Waals surface area (Å²) in [6.07, 6.45) is 0. The van der Waals surface area contributed by atoms with Gasteiger partial charge in [-0.25, -0.2) is 0 Å². The van der Waals surface area contributed by atoms with Gasteiger partial charge in [0.15, 0.2) is 0 Å². The molecule has 0 radical (unpaired) electrons. The maximum atomic E-state index is 12.5. The standard InChI is InChI=1S/C26H23N3O2S/c1-18-6-12-23(13-7-18)32-24-14-15-25(30)29(28-24)22-10-8-21(9-11-22)26(31)27-17-20-5-3-4-19(2)16-20/h3-16H,17H2,1-2H3,(H,27,31).